The normalized spacial score (nSPS) is 9.76. The predicted molar refractivity (Wildman–Crippen MR) is 105 cm³/mol. The zero-order chi connectivity index (χ0) is 21.1. The van der Waals surface area contributed by atoms with Crippen LogP contribution in [0.3, 0.4) is 0 Å². The van der Waals surface area contributed by atoms with Crippen molar-refractivity contribution in [1.82, 2.24) is 15.1 Å². The van der Waals surface area contributed by atoms with Gasteiger partial charge in [0.05, 0.1) is 6.61 Å². The van der Waals surface area contributed by atoms with Crippen LogP contribution in [0.5, 0.6) is 0 Å². The maximum absolute atomic E-state index is 10.5. The van der Waals surface area contributed by atoms with Gasteiger partial charge in [-0.25, -0.2) is 4.18 Å². The van der Waals surface area contributed by atoms with Gasteiger partial charge in [-0.3, -0.25) is 9.35 Å². The molecule has 0 saturated carbocycles. The molecule has 0 saturated heterocycles. The number of hydrogen-bond acceptors (Lipinski definition) is 6. The molecule has 0 aromatic heterocycles. The Hall–Kier alpha value is -1.00. The Morgan fingerprint density at radius 2 is 1.36 bits per heavy atom. The molecule has 0 fully saturated rings. The van der Waals surface area contributed by atoms with Gasteiger partial charge in [0.15, 0.2) is 0 Å². The first-order valence-electron chi connectivity index (χ1n) is 8.13. The second-order valence-corrected chi connectivity index (χ2v) is 6.36. The minimum Gasteiger partial charge on any atom is -0.353 e. The lowest BCUT2D eigenvalue weighted by molar-refractivity contribution is -0.117. The summed E-state index contributed by atoms with van der Waals surface area (Å²) in [6, 6.07) is 0. The molecule has 0 heterocycles. The lowest BCUT2D eigenvalue weighted by Crippen LogP contribution is -2.22. The van der Waals surface area contributed by atoms with Crippen LogP contribution in [-0.4, -0.2) is 83.1 Å². The standard InChI is InChI=1S/C6H11NO.2C4H11N.C2H6O4S/c1-4-7-6(8)5(2)3;2*1-4-5(2)3;1-2-6-7(3,4)5/h2,4H2,1,3H3,(H,7,8);2*4H2,1-3H3;2H2,1H3,(H,3,4,5). The summed E-state index contributed by atoms with van der Waals surface area (Å²) in [7, 11) is 4.05. The molecule has 0 rings (SSSR count). The number of carbonyl (C=O) groups is 1. The Labute approximate surface area is 155 Å². The van der Waals surface area contributed by atoms with Crippen LogP contribution in [0, 0.1) is 0 Å². The van der Waals surface area contributed by atoms with Crippen molar-refractivity contribution in [2.45, 2.75) is 34.6 Å². The summed E-state index contributed by atoms with van der Waals surface area (Å²) < 4.78 is 30.7. The van der Waals surface area contributed by atoms with Crippen LogP contribution in [0.4, 0.5) is 0 Å². The van der Waals surface area contributed by atoms with E-state index in [-0.39, 0.29) is 12.5 Å². The molecular formula is C16H39N3O5S. The molecule has 0 aliphatic rings. The van der Waals surface area contributed by atoms with Crippen LogP contribution < -0.4 is 5.32 Å². The molecule has 9 heteroatoms. The van der Waals surface area contributed by atoms with Crippen molar-refractivity contribution in [1.29, 1.82) is 0 Å². The van der Waals surface area contributed by atoms with Gasteiger partial charge < -0.3 is 15.1 Å². The Bertz CT molecular complexity index is 402. The second-order valence-electron chi connectivity index (χ2n) is 5.27. The van der Waals surface area contributed by atoms with Crippen molar-refractivity contribution < 1.29 is 21.9 Å². The van der Waals surface area contributed by atoms with Gasteiger partial charge in [-0.1, -0.05) is 20.4 Å². The molecule has 0 bridgehead atoms. The first kappa shape index (κ1) is 31.7. The first-order chi connectivity index (χ1) is 11.3. The highest BCUT2D eigenvalue weighted by atomic mass is 32.3. The number of hydrogen-bond donors (Lipinski definition) is 2. The van der Waals surface area contributed by atoms with Crippen molar-refractivity contribution in [3.05, 3.63) is 12.2 Å². The van der Waals surface area contributed by atoms with E-state index in [1.54, 1.807) is 6.92 Å². The summed E-state index contributed by atoms with van der Waals surface area (Å²) in [6.45, 7) is 15.7. The van der Waals surface area contributed by atoms with Gasteiger partial charge in [-0.05, 0) is 62.1 Å². The third-order valence-corrected chi connectivity index (χ3v) is 2.79. The van der Waals surface area contributed by atoms with E-state index >= 15 is 0 Å². The Morgan fingerprint density at radius 1 is 1.04 bits per heavy atom. The highest BCUT2D eigenvalue weighted by Crippen LogP contribution is 1.83. The fourth-order valence-electron chi connectivity index (χ4n) is 0.460. The summed E-state index contributed by atoms with van der Waals surface area (Å²) in [5.41, 5.74) is 0.562. The molecule has 0 spiro atoms. The van der Waals surface area contributed by atoms with Crippen molar-refractivity contribution >= 4 is 16.3 Å². The maximum Gasteiger partial charge on any atom is 0.397 e. The van der Waals surface area contributed by atoms with E-state index in [4.69, 9.17) is 4.55 Å². The second kappa shape index (κ2) is 21.0. The molecule has 2 N–H and O–H groups in total. The highest BCUT2D eigenvalue weighted by Gasteiger charge is 1.98. The summed E-state index contributed by atoms with van der Waals surface area (Å²) in [5.74, 6) is -0.0625. The van der Waals surface area contributed by atoms with Crippen molar-refractivity contribution in [2.24, 2.45) is 0 Å². The van der Waals surface area contributed by atoms with Crippen LogP contribution in [0.25, 0.3) is 0 Å². The lowest BCUT2D eigenvalue weighted by atomic mass is 10.3. The Kier molecular flexibility index (Phi) is 26.7. The van der Waals surface area contributed by atoms with Gasteiger partial charge >= 0.3 is 10.4 Å². The fourth-order valence-corrected chi connectivity index (χ4v) is 0.758. The molecule has 1 amide bonds. The van der Waals surface area contributed by atoms with Crippen LogP contribution in [0.1, 0.15) is 34.6 Å². The van der Waals surface area contributed by atoms with E-state index in [2.05, 4.69) is 67.9 Å². The molecule has 0 aliphatic carbocycles. The third kappa shape index (κ3) is 51.8. The van der Waals surface area contributed by atoms with E-state index in [0.717, 1.165) is 13.1 Å². The molecule has 0 radical (unpaired) electrons. The number of nitrogens with one attached hydrogen (secondary N) is 1. The predicted octanol–water partition coefficient (Wildman–Crippen LogP) is 1.66. The molecule has 0 atom stereocenters. The van der Waals surface area contributed by atoms with Gasteiger partial charge in [0.25, 0.3) is 0 Å². The van der Waals surface area contributed by atoms with E-state index in [1.165, 1.54) is 6.92 Å². The van der Waals surface area contributed by atoms with Crippen molar-refractivity contribution in [2.75, 3.05) is 54.4 Å². The van der Waals surface area contributed by atoms with Crippen LogP contribution in [-0.2, 0) is 19.4 Å². The number of nitrogens with zero attached hydrogens (tertiary/aromatic N) is 2. The summed E-state index contributed by atoms with van der Waals surface area (Å²) >= 11 is 0. The maximum atomic E-state index is 10.5. The Balaban J connectivity index is -0.000000120. The molecule has 0 aromatic carbocycles. The van der Waals surface area contributed by atoms with E-state index in [9.17, 15) is 13.2 Å². The monoisotopic (exact) mass is 385 g/mol. The number of carbonyl (C=O) groups excluding carboxylic acids is 1. The van der Waals surface area contributed by atoms with Gasteiger partial charge in [0.1, 0.15) is 0 Å². The minimum absolute atomic E-state index is 0.0289. The van der Waals surface area contributed by atoms with Crippen LogP contribution in [0.15, 0.2) is 12.2 Å². The van der Waals surface area contributed by atoms with E-state index < -0.39 is 10.4 Å². The van der Waals surface area contributed by atoms with Crippen LogP contribution in [0.2, 0.25) is 0 Å². The van der Waals surface area contributed by atoms with E-state index in [1.807, 2.05) is 6.92 Å². The SMILES string of the molecule is C=C(C)C(=O)NCC.CCN(C)C.CCN(C)C.CCOS(=O)(=O)O. The zero-order valence-electron chi connectivity index (χ0n) is 17.4. The summed E-state index contributed by atoms with van der Waals surface area (Å²) in [4.78, 5) is 14.8. The van der Waals surface area contributed by atoms with Crippen LogP contribution >= 0.6 is 0 Å². The largest absolute Gasteiger partial charge is 0.397 e. The molecule has 8 nitrogen and oxygen atoms in total. The molecule has 0 aliphatic heterocycles. The topological polar surface area (TPSA) is 99.2 Å². The number of amides is 1. The summed E-state index contributed by atoms with van der Waals surface area (Å²) in [6.07, 6.45) is 0. The molecule has 25 heavy (non-hydrogen) atoms. The highest BCUT2D eigenvalue weighted by molar-refractivity contribution is 7.80. The van der Waals surface area contributed by atoms with Gasteiger partial charge in [0, 0.05) is 12.1 Å². The Morgan fingerprint density at radius 3 is 1.40 bits per heavy atom. The minimum atomic E-state index is -4.17. The first-order valence-corrected chi connectivity index (χ1v) is 9.50. The van der Waals surface area contributed by atoms with Crippen molar-refractivity contribution in [3.63, 3.8) is 0 Å². The van der Waals surface area contributed by atoms with Crippen molar-refractivity contribution in [3.8, 4) is 0 Å². The average Bonchev–Trinajstić information content (AvgIpc) is 2.48. The molecule has 0 unspecified atom stereocenters. The molecule has 0 aromatic rings. The molecule has 154 valence electrons. The molecular weight excluding hydrogens is 346 g/mol. The fraction of sp³-hybridized carbons (Fsp3) is 0.812. The number of rotatable bonds is 6. The lowest BCUT2D eigenvalue weighted by Gasteiger charge is -2.00. The zero-order valence-corrected chi connectivity index (χ0v) is 18.2. The van der Waals surface area contributed by atoms with Gasteiger partial charge in [-0.2, -0.15) is 8.42 Å². The van der Waals surface area contributed by atoms with Gasteiger partial charge in [0.2, 0.25) is 5.91 Å². The third-order valence-electron chi connectivity index (χ3n) is 2.26. The quantitative estimate of drug-likeness (QED) is 0.530. The smallest absolute Gasteiger partial charge is 0.353 e. The summed E-state index contributed by atoms with van der Waals surface area (Å²) in [5, 5.41) is 2.61. The van der Waals surface area contributed by atoms with Gasteiger partial charge in [-0.15, -0.1) is 0 Å². The number of likely N-dealkylation sites (N-methyl/N-ethyl adjacent to an activating group) is 1. The van der Waals surface area contributed by atoms with E-state index in [0.29, 0.717) is 12.1 Å². The average molecular weight is 386 g/mol.